The van der Waals surface area contributed by atoms with Crippen LogP contribution < -0.4 is 5.32 Å². The third-order valence-corrected chi connectivity index (χ3v) is 3.16. The lowest BCUT2D eigenvalue weighted by Gasteiger charge is -2.19. The Bertz CT molecular complexity index is 386. The lowest BCUT2D eigenvalue weighted by atomic mass is 9.93. The molecule has 1 atom stereocenters. The van der Waals surface area contributed by atoms with Gasteiger partial charge in [-0.25, -0.2) is 4.39 Å². The van der Waals surface area contributed by atoms with Crippen LogP contribution in [0.25, 0.3) is 0 Å². The fourth-order valence-corrected chi connectivity index (χ4v) is 2.32. The Kier molecular flexibility index (Phi) is 6.54. The Morgan fingerprint density at radius 2 is 1.89 bits per heavy atom. The largest absolute Gasteiger partial charge is 0.352 e. The molecule has 0 aliphatic rings. The maximum atomic E-state index is 12.8. The monoisotopic (exact) mass is 265 g/mol. The molecule has 1 aromatic rings. The molecular weight excluding hydrogens is 241 g/mol. The molecule has 0 aromatic heterocycles. The first kappa shape index (κ1) is 15.7. The SMILES string of the molecule is CCCC(CNC(=O)c1ccc(F)cc1)CC(C)C. The number of hydrogen-bond acceptors (Lipinski definition) is 1. The molecule has 2 nitrogen and oxygen atoms in total. The molecule has 1 aromatic carbocycles. The minimum Gasteiger partial charge on any atom is -0.352 e. The predicted octanol–water partition coefficient (Wildman–Crippen LogP) is 4.02. The van der Waals surface area contributed by atoms with Crippen LogP contribution >= 0.6 is 0 Å². The molecular formula is C16H24FNO. The van der Waals surface area contributed by atoms with E-state index in [1.807, 2.05) is 0 Å². The Morgan fingerprint density at radius 1 is 1.26 bits per heavy atom. The zero-order chi connectivity index (χ0) is 14.3. The van der Waals surface area contributed by atoms with Gasteiger partial charge >= 0.3 is 0 Å². The minimum absolute atomic E-state index is 0.121. The summed E-state index contributed by atoms with van der Waals surface area (Å²) in [7, 11) is 0. The molecule has 0 spiro atoms. The first-order chi connectivity index (χ1) is 9.02. The number of rotatable bonds is 7. The van der Waals surface area contributed by atoms with Crippen LogP contribution in [0.3, 0.4) is 0 Å². The van der Waals surface area contributed by atoms with Crippen molar-refractivity contribution in [3.05, 3.63) is 35.6 Å². The summed E-state index contributed by atoms with van der Waals surface area (Å²) in [5.74, 6) is 0.721. The van der Waals surface area contributed by atoms with Gasteiger partial charge in [0.2, 0.25) is 0 Å². The molecule has 1 N–H and O–H groups in total. The quantitative estimate of drug-likeness (QED) is 0.792. The smallest absolute Gasteiger partial charge is 0.251 e. The average Bonchev–Trinajstić information content (AvgIpc) is 2.36. The molecule has 19 heavy (non-hydrogen) atoms. The third-order valence-electron chi connectivity index (χ3n) is 3.16. The second kappa shape index (κ2) is 7.93. The number of carbonyl (C=O) groups is 1. The highest BCUT2D eigenvalue weighted by molar-refractivity contribution is 5.94. The van der Waals surface area contributed by atoms with E-state index >= 15 is 0 Å². The average molecular weight is 265 g/mol. The minimum atomic E-state index is -0.319. The summed E-state index contributed by atoms with van der Waals surface area (Å²) in [5.41, 5.74) is 0.515. The summed E-state index contributed by atoms with van der Waals surface area (Å²) >= 11 is 0. The van der Waals surface area contributed by atoms with E-state index in [0.29, 0.717) is 23.9 Å². The summed E-state index contributed by atoms with van der Waals surface area (Å²) in [4.78, 5) is 11.9. The molecule has 0 fully saturated rings. The van der Waals surface area contributed by atoms with Crippen LogP contribution in [0.5, 0.6) is 0 Å². The van der Waals surface area contributed by atoms with Gasteiger partial charge in [-0.1, -0.05) is 27.2 Å². The molecule has 1 amide bonds. The third kappa shape index (κ3) is 5.86. The number of nitrogens with one attached hydrogen (secondary N) is 1. The van der Waals surface area contributed by atoms with E-state index in [4.69, 9.17) is 0 Å². The van der Waals surface area contributed by atoms with Crippen LogP contribution in [0.15, 0.2) is 24.3 Å². The van der Waals surface area contributed by atoms with Gasteiger partial charge in [-0.2, -0.15) is 0 Å². The topological polar surface area (TPSA) is 29.1 Å². The Balaban J connectivity index is 2.49. The Labute approximate surface area is 115 Å². The van der Waals surface area contributed by atoms with Gasteiger partial charge in [0.1, 0.15) is 5.82 Å². The molecule has 1 unspecified atom stereocenters. The summed E-state index contributed by atoms with van der Waals surface area (Å²) in [6.45, 7) is 7.26. The van der Waals surface area contributed by atoms with Gasteiger partial charge in [0, 0.05) is 12.1 Å². The van der Waals surface area contributed by atoms with Crippen molar-refractivity contribution in [1.29, 1.82) is 0 Å². The van der Waals surface area contributed by atoms with Crippen LogP contribution in [-0.4, -0.2) is 12.5 Å². The van der Waals surface area contributed by atoms with Crippen molar-refractivity contribution in [3.8, 4) is 0 Å². The maximum Gasteiger partial charge on any atom is 0.251 e. The van der Waals surface area contributed by atoms with E-state index in [9.17, 15) is 9.18 Å². The first-order valence-electron chi connectivity index (χ1n) is 7.06. The van der Waals surface area contributed by atoms with Gasteiger partial charge in [0.05, 0.1) is 0 Å². The van der Waals surface area contributed by atoms with Gasteiger partial charge in [-0.05, 0) is 48.9 Å². The zero-order valence-electron chi connectivity index (χ0n) is 12.1. The molecule has 1 rings (SSSR count). The number of carbonyl (C=O) groups excluding carboxylic acids is 1. The highest BCUT2D eigenvalue weighted by Crippen LogP contribution is 2.16. The van der Waals surface area contributed by atoms with Crippen LogP contribution in [-0.2, 0) is 0 Å². The first-order valence-corrected chi connectivity index (χ1v) is 7.06. The van der Waals surface area contributed by atoms with Gasteiger partial charge in [0.25, 0.3) is 5.91 Å². The molecule has 0 aliphatic heterocycles. The summed E-state index contributed by atoms with van der Waals surface area (Å²) in [6.07, 6.45) is 3.38. The van der Waals surface area contributed by atoms with Crippen molar-refractivity contribution in [1.82, 2.24) is 5.32 Å². The molecule has 0 radical (unpaired) electrons. The van der Waals surface area contributed by atoms with Crippen molar-refractivity contribution in [3.63, 3.8) is 0 Å². The number of hydrogen-bond donors (Lipinski definition) is 1. The van der Waals surface area contributed by atoms with Crippen LogP contribution in [0, 0.1) is 17.7 Å². The fourth-order valence-electron chi connectivity index (χ4n) is 2.32. The Hall–Kier alpha value is -1.38. The van der Waals surface area contributed by atoms with E-state index in [0.717, 1.165) is 19.3 Å². The number of halogens is 1. The van der Waals surface area contributed by atoms with Gasteiger partial charge in [0.15, 0.2) is 0 Å². The molecule has 0 bridgehead atoms. The summed E-state index contributed by atoms with van der Waals surface area (Å²) in [6, 6.07) is 5.66. The number of benzene rings is 1. The molecule has 106 valence electrons. The zero-order valence-corrected chi connectivity index (χ0v) is 12.1. The molecule has 0 saturated heterocycles. The second-order valence-electron chi connectivity index (χ2n) is 5.50. The van der Waals surface area contributed by atoms with E-state index in [2.05, 4.69) is 26.1 Å². The van der Waals surface area contributed by atoms with Crippen LogP contribution in [0.4, 0.5) is 4.39 Å². The van der Waals surface area contributed by atoms with Crippen molar-refractivity contribution in [2.75, 3.05) is 6.54 Å². The normalized spacial score (nSPS) is 12.5. The maximum absolute atomic E-state index is 12.8. The van der Waals surface area contributed by atoms with Crippen molar-refractivity contribution >= 4 is 5.91 Å². The summed E-state index contributed by atoms with van der Waals surface area (Å²) in [5, 5.41) is 2.95. The molecule has 0 saturated carbocycles. The van der Waals surface area contributed by atoms with E-state index in [1.165, 1.54) is 24.3 Å². The number of amides is 1. The highest BCUT2D eigenvalue weighted by atomic mass is 19.1. The molecule has 0 heterocycles. The van der Waals surface area contributed by atoms with E-state index < -0.39 is 0 Å². The van der Waals surface area contributed by atoms with E-state index in [1.54, 1.807) is 0 Å². The highest BCUT2D eigenvalue weighted by Gasteiger charge is 2.12. The van der Waals surface area contributed by atoms with Gasteiger partial charge in [-0.15, -0.1) is 0 Å². The van der Waals surface area contributed by atoms with Gasteiger partial charge < -0.3 is 5.32 Å². The lowest BCUT2D eigenvalue weighted by Crippen LogP contribution is -2.30. The van der Waals surface area contributed by atoms with Crippen LogP contribution in [0.1, 0.15) is 50.4 Å². The van der Waals surface area contributed by atoms with Crippen molar-refractivity contribution in [2.24, 2.45) is 11.8 Å². The Morgan fingerprint density at radius 3 is 2.42 bits per heavy atom. The van der Waals surface area contributed by atoms with Crippen molar-refractivity contribution in [2.45, 2.75) is 40.0 Å². The molecule has 3 heteroatoms. The lowest BCUT2D eigenvalue weighted by molar-refractivity contribution is 0.0944. The second-order valence-corrected chi connectivity index (χ2v) is 5.50. The van der Waals surface area contributed by atoms with E-state index in [-0.39, 0.29) is 11.7 Å². The van der Waals surface area contributed by atoms with Gasteiger partial charge in [-0.3, -0.25) is 4.79 Å². The predicted molar refractivity (Wildman–Crippen MR) is 76.6 cm³/mol. The van der Waals surface area contributed by atoms with Crippen molar-refractivity contribution < 1.29 is 9.18 Å². The fraction of sp³-hybridized carbons (Fsp3) is 0.562. The van der Waals surface area contributed by atoms with Crippen LogP contribution in [0.2, 0.25) is 0 Å². The molecule has 0 aliphatic carbocycles. The summed E-state index contributed by atoms with van der Waals surface area (Å²) < 4.78 is 12.8. The standard InChI is InChI=1S/C16H24FNO/c1-4-5-13(10-12(2)3)11-18-16(19)14-6-8-15(17)9-7-14/h6-9,12-13H,4-5,10-11H2,1-3H3,(H,18,19).